The standard InChI is InChI=1S/C11H15NOS/c1-8-11(6-7-14-8)12-9-2-4-10(13)5-3-9/h2-5,8,11-13H,6-7H2,1H3. The molecule has 1 aromatic carbocycles. The fourth-order valence-electron chi connectivity index (χ4n) is 1.69. The summed E-state index contributed by atoms with van der Waals surface area (Å²) in [4.78, 5) is 0. The first kappa shape index (κ1) is 9.71. The van der Waals surface area contributed by atoms with Crippen molar-refractivity contribution in [3.8, 4) is 5.75 Å². The first-order valence-corrected chi connectivity index (χ1v) is 5.98. The number of thioether (sulfide) groups is 1. The Balaban J connectivity index is 2.00. The lowest BCUT2D eigenvalue weighted by Gasteiger charge is -2.17. The molecule has 0 aliphatic carbocycles. The topological polar surface area (TPSA) is 32.3 Å². The van der Waals surface area contributed by atoms with Gasteiger partial charge < -0.3 is 10.4 Å². The lowest BCUT2D eigenvalue weighted by atomic mass is 10.1. The smallest absolute Gasteiger partial charge is 0.115 e. The van der Waals surface area contributed by atoms with Crippen LogP contribution < -0.4 is 5.32 Å². The molecule has 0 spiro atoms. The third-order valence-corrected chi connectivity index (χ3v) is 3.92. The number of phenolic OH excluding ortho intramolecular Hbond substituents is 1. The van der Waals surface area contributed by atoms with E-state index in [1.54, 1.807) is 12.1 Å². The molecular weight excluding hydrogens is 194 g/mol. The zero-order chi connectivity index (χ0) is 9.97. The van der Waals surface area contributed by atoms with Gasteiger partial charge in [0.25, 0.3) is 0 Å². The molecule has 1 fully saturated rings. The normalized spacial score (nSPS) is 26.4. The minimum atomic E-state index is 0.324. The molecule has 1 heterocycles. The van der Waals surface area contributed by atoms with E-state index in [2.05, 4.69) is 12.2 Å². The van der Waals surface area contributed by atoms with Crippen molar-refractivity contribution in [1.29, 1.82) is 0 Å². The Morgan fingerprint density at radius 1 is 1.36 bits per heavy atom. The maximum atomic E-state index is 9.14. The number of hydrogen-bond donors (Lipinski definition) is 2. The van der Waals surface area contributed by atoms with Crippen molar-refractivity contribution in [2.45, 2.75) is 24.6 Å². The average molecular weight is 209 g/mol. The number of nitrogens with one attached hydrogen (secondary N) is 1. The van der Waals surface area contributed by atoms with Crippen LogP contribution in [0.3, 0.4) is 0 Å². The van der Waals surface area contributed by atoms with E-state index in [1.165, 1.54) is 12.2 Å². The lowest BCUT2D eigenvalue weighted by Crippen LogP contribution is -2.24. The highest BCUT2D eigenvalue weighted by atomic mass is 32.2. The molecule has 1 aliphatic heterocycles. The van der Waals surface area contributed by atoms with Gasteiger partial charge in [-0.05, 0) is 36.4 Å². The van der Waals surface area contributed by atoms with E-state index in [1.807, 2.05) is 23.9 Å². The predicted molar refractivity (Wildman–Crippen MR) is 62.1 cm³/mol. The van der Waals surface area contributed by atoms with Gasteiger partial charge in [0, 0.05) is 17.0 Å². The number of hydrogen-bond acceptors (Lipinski definition) is 3. The van der Waals surface area contributed by atoms with Crippen LogP contribution in [-0.4, -0.2) is 22.2 Å². The van der Waals surface area contributed by atoms with Gasteiger partial charge in [-0.2, -0.15) is 11.8 Å². The van der Waals surface area contributed by atoms with Crippen molar-refractivity contribution in [2.24, 2.45) is 0 Å². The van der Waals surface area contributed by atoms with E-state index >= 15 is 0 Å². The zero-order valence-corrected chi connectivity index (χ0v) is 9.05. The summed E-state index contributed by atoms with van der Waals surface area (Å²) in [5, 5.41) is 13.3. The van der Waals surface area contributed by atoms with Crippen molar-refractivity contribution < 1.29 is 5.11 Å². The van der Waals surface area contributed by atoms with Gasteiger partial charge in [-0.15, -0.1) is 0 Å². The predicted octanol–water partition coefficient (Wildman–Crippen LogP) is 2.70. The molecule has 2 rings (SSSR count). The van der Waals surface area contributed by atoms with E-state index < -0.39 is 0 Å². The monoisotopic (exact) mass is 209 g/mol. The Morgan fingerprint density at radius 3 is 2.64 bits per heavy atom. The summed E-state index contributed by atoms with van der Waals surface area (Å²) in [7, 11) is 0. The minimum Gasteiger partial charge on any atom is -0.508 e. The SMILES string of the molecule is CC1SCCC1Nc1ccc(O)cc1. The van der Waals surface area contributed by atoms with E-state index in [9.17, 15) is 0 Å². The molecule has 0 saturated carbocycles. The van der Waals surface area contributed by atoms with Crippen LogP contribution >= 0.6 is 11.8 Å². The molecule has 0 bridgehead atoms. The number of benzene rings is 1. The van der Waals surface area contributed by atoms with Crippen LogP contribution in [0.25, 0.3) is 0 Å². The fraction of sp³-hybridized carbons (Fsp3) is 0.455. The highest BCUT2D eigenvalue weighted by molar-refractivity contribution is 8.00. The van der Waals surface area contributed by atoms with Crippen molar-refractivity contribution in [3.63, 3.8) is 0 Å². The van der Waals surface area contributed by atoms with Gasteiger partial charge in [0.1, 0.15) is 5.75 Å². The van der Waals surface area contributed by atoms with E-state index in [-0.39, 0.29) is 0 Å². The molecule has 2 atom stereocenters. The Bertz CT molecular complexity index is 299. The second kappa shape index (κ2) is 4.13. The van der Waals surface area contributed by atoms with E-state index in [4.69, 9.17) is 5.11 Å². The van der Waals surface area contributed by atoms with Crippen LogP contribution in [0.1, 0.15) is 13.3 Å². The zero-order valence-electron chi connectivity index (χ0n) is 8.23. The van der Waals surface area contributed by atoms with Crippen LogP contribution in [0.2, 0.25) is 0 Å². The summed E-state index contributed by atoms with van der Waals surface area (Å²) in [5.41, 5.74) is 1.10. The molecule has 2 nitrogen and oxygen atoms in total. The van der Waals surface area contributed by atoms with Crippen molar-refractivity contribution in [3.05, 3.63) is 24.3 Å². The highest BCUT2D eigenvalue weighted by Crippen LogP contribution is 2.29. The first-order valence-electron chi connectivity index (χ1n) is 4.93. The van der Waals surface area contributed by atoms with Gasteiger partial charge in [-0.3, -0.25) is 0 Å². The van der Waals surface area contributed by atoms with Gasteiger partial charge in [-0.25, -0.2) is 0 Å². The molecule has 3 heteroatoms. The molecular formula is C11H15NOS. The van der Waals surface area contributed by atoms with Gasteiger partial charge >= 0.3 is 0 Å². The molecule has 0 radical (unpaired) electrons. The molecule has 2 N–H and O–H groups in total. The third-order valence-electron chi connectivity index (χ3n) is 2.60. The number of phenols is 1. The molecule has 0 amide bonds. The molecule has 2 unspecified atom stereocenters. The summed E-state index contributed by atoms with van der Waals surface area (Å²) in [6, 6.07) is 7.85. The molecule has 1 aliphatic rings. The summed E-state index contributed by atoms with van der Waals surface area (Å²) >= 11 is 2.02. The van der Waals surface area contributed by atoms with Crippen LogP contribution in [0.15, 0.2) is 24.3 Å². The lowest BCUT2D eigenvalue weighted by molar-refractivity contribution is 0.475. The number of aromatic hydroxyl groups is 1. The Labute approximate surface area is 88.7 Å². The van der Waals surface area contributed by atoms with Crippen LogP contribution in [0, 0.1) is 0 Å². The molecule has 0 aromatic heterocycles. The van der Waals surface area contributed by atoms with Gasteiger partial charge in [0.15, 0.2) is 0 Å². The quantitative estimate of drug-likeness (QED) is 0.734. The summed E-state index contributed by atoms with van der Waals surface area (Å²) in [6.07, 6.45) is 1.23. The van der Waals surface area contributed by atoms with Crippen molar-refractivity contribution >= 4 is 17.4 Å². The van der Waals surface area contributed by atoms with E-state index in [0.29, 0.717) is 17.0 Å². The Kier molecular flexibility index (Phi) is 2.87. The first-order chi connectivity index (χ1) is 6.75. The number of anilines is 1. The van der Waals surface area contributed by atoms with Crippen LogP contribution in [-0.2, 0) is 0 Å². The summed E-state index contributed by atoms with van der Waals surface area (Å²) in [6.45, 7) is 2.26. The van der Waals surface area contributed by atoms with Gasteiger partial charge in [0.2, 0.25) is 0 Å². The maximum absolute atomic E-state index is 9.14. The van der Waals surface area contributed by atoms with Gasteiger partial charge in [-0.1, -0.05) is 6.92 Å². The second-order valence-electron chi connectivity index (χ2n) is 3.66. The molecule has 1 aromatic rings. The van der Waals surface area contributed by atoms with Crippen LogP contribution in [0.4, 0.5) is 5.69 Å². The second-order valence-corrected chi connectivity index (χ2v) is 5.15. The minimum absolute atomic E-state index is 0.324. The molecule has 76 valence electrons. The average Bonchev–Trinajstić information content (AvgIpc) is 2.56. The molecule has 14 heavy (non-hydrogen) atoms. The number of rotatable bonds is 2. The Hall–Kier alpha value is -0.830. The van der Waals surface area contributed by atoms with Crippen LogP contribution in [0.5, 0.6) is 5.75 Å². The maximum Gasteiger partial charge on any atom is 0.115 e. The van der Waals surface area contributed by atoms with Gasteiger partial charge in [0.05, 0.1) is 0 Å². The van der Waals surface area contributed by atoms with Crippen molar-refractivity contribution in [1.82, 2.24) is 0 Å². The fourth-order valence-corrected chi connectivity index (χ4v) is 2.89. The summed E-state index contributed by atoms with van der Waals surface area (Å²) < 4.78 is 0. The Morgan fingerprint density at radius 2 is 2.07 bits per heavy atom. The van der Waals surface area contributed by atoms with E-state index in [0.717, 1.165) is 5.69 Å². The largest absolute Gasteiger partial charge is 0.508 e. The highest BCUT2D eigenvalue weighted by Gasteiger charge is 2.23. The van der Waals surface area contributed by atoms with Crippen molar-refractivity contribution in [2.75, 3.05) is 11.1 Å². The third kappa shape index (κ3) is 2.15. The molecule has 1 saturated heterocycles. The summed E-state index contributed by atoms with van der Waals surface area (Å²) in [5.74, 6) is 1.57.